The summed E-state index contributed by atoms with van der Waals surface area (Å²) < 4.78 is 38.4. The third-order valence-corrected chi connectivity index (χ3v) is 3.58. The zero-order chi connectivity index (χ0) is 16.2. The SMILES string of the molecule is CCC(CC)N(C)c1ccc(C(F)(F)F)cc1/C(N)=N/O. The first-order valence-corrected chi connectivity index (χ1v) is 6.68. The van der Waals surface area contributed by atoms with Crippen LogP contribution in [0.5, 0.6) is 0 Å². The van der Waals surface area contributed by atoms with Gasteiger partial charge in [-0.15, -0.1) is 0 Å². The van der Waals surface area contributed by atoms with Crippen molar-refractivity contribution in [3.8, 4) is 0 Å². The maximum Gasteiger partial charge on any atom is 0.416 e. The third-order valence-electron chi connectivity index (χ3n) is 3.58. The first-order valence-electron chi connectivity index (χ1n) is 6.68. The Hall–Kier alpha value is -1.92. The zero-order valence-electron chi connectivity index (χ0n) is 12.3. The minimum Gasteiger partial charge on any atom is -0.409 e. The van der Waals surface area contributed by atoms with E-state index in [4.69, 9.17) is 10.9 Å². The number of halogens is 3. The number of anilines is 1. The number of oxime groups is 1. The maximum absolute atomic E-state index is 12.8. The van der Waals surface area contributed by atoms with E-state index in [0.29, 0.717) is 5.69 Å². The normalized spacial score (nSPS) is 12.8. The standard InChI is InChI=1S/C14H20F3N3O/c1-4-10(5-2)20(3)12-7-6-9(14(15,16)17)8-11(12)13(18)19-21/h6-8,10,21H,4-5H2,1-3H3,(H2,18,19). The molecule has 0 saturated heterocycles. The van der Waals surface area contributed by atoms with E-state index in [2.05, 4.69) is 5.16 Å². The van der Waals surface area contributed by atoms with Crippen molar-refractivity contribution >= 4 is 11.5 Å². The van der Waals surface area contributed by atoms with Gasteiger partial charge in [0, 0.05) is 24.3 Å². The average Bonchev–Trinajstić information content (AvgIpc) is 2.45. The van der Waals surface area contributed by atoms with Crippen molar-refractivity contribution < 1.29 is 18.4 Å². The summed E-state index contributed by atoms with van der Waals surface area (Å²) in [5.74, 6) is -0.339. The second kappa shape index (κ2) is 6.69. The van der Waals surface area contributed by atoms with Crippen molar-refractivity contribution in [2.45, 2.75) is 38.9 Å². The van der Waals surface area contributed by atoms with Crippen LogP contribution in [-0.4, -0.2) is 24.1 Å². The molecule has 0 aliphatic rings. The Morgan fingerprint density at radius 3 is 2.33 bits per heavy atom. The lowest BCUT2D eigenvalue weighted by atomic mass is 10.0. The van der Waals surface area contributed by atoms with E-state index in [1.54, 1.807) is 7.05 Å². The van der Waals surface area contributed by atoms with Crippen molar-refractivity contribution in [2.24, 2.45) is 10.9 Å². The van der Waals surface area contributed by atoms with Crippen molar-refractivity contribution in [1.29, 1.82) is 0 Å². The van der Waals surface area contributed by atoms with E-state index < -0.39 is 11.7 Å². The molecule has 4 nitrogen and oxygen atoms in total. The molecule has 0 aliphatic heterocycles. The summed E-state index contributed by atoms with van der Waals surface area (Å²) in [7, 11) is 1.79. The second-order valence-electron chi connectivity index (χ2n) is 4.80. The van der Waals surface area contributed by atoms with Gasteiger partial charge in [0.25, 0.3) is 0 Å². The molecule has 21 heavy (non-hydrogen) atoms. The zero-order valence-corrected chi connectivity index (χ0v) is 12.3. The first-order chi connectivity index (χ1) is 9.76. The Bertz CT molecular complexity index is 511. The average molecular weight is 303 g/mol. The van der Waals surface area contributed by atoms with Crippen molar-refractivity contribution in [2.75, 3.05) is 11.9 Å². The smallest absolute Gasteiger partial charge is 0.409 e. The molecule has 118 valence electrons. The van der Waals surface area contributed by atoms with Gasteiger partial charge in [0.15, 0.2) is 5.84 Å². The van der Waals surface area contributed by atoms with E-state index in [9.17, 15) is 13.2 Å². The Balaban J connectivity index is 3.39. The molecule has 0 radical (unpaired) electrons. The minimum absolute atomic E-state index is 0.0710. The summed E-state index contributed by atoms with van der Waals surface area (Å²) in [5, 5.41) is 11.6. The monoisotopic (exact) mass is 303 g/mol. The van der Waals surface area contributed by atoms with Gasteiger partial charge in [-0.25, -0.2) is 0 Å². The van der Waals surface area contributed by atoms with Crippen LogP contribution < -0.4 is 10.6 Å². The Morgan fingerprint density at radius 1 is 1.33 bits per heavy atom. The fourth-order valence-corrected chi connectivity index (χ4v) is 2.31. The molecule has 0 saturated carbocycles. The highest BCUT2D eigenvalue weighted by atomic mass is 19.4. The lowest BCUT2D eigenvalue weighted by Gasteiger charge is -2.30. The van der Waals surface area contributed by atoms with Crippen molar-refractivity contribution in [3.63, 3.8) is 0 Å². The van der Waals surface area contributed by atoms with Crippen LogP contribution >= 0.6 is 0 Å². The predicted molar refractivity (Wildman–Crippen MR) is 76.7 cm³/mol. The molecule has 0 aromatic heterocycles. The molecular weight excluding hydrogens is 283 g/mol. The molecule has 1 rings (SSSR count). The molecule has 0 bridgehead atoms. The number of benzene rings is 1. The second-order valence-corrected chi connectivity index (χ2v) is 4.80. The molecule has 3 N–H and O–H groups in total. The van der Waals surface area contributed by atoms with Crippen LogP contribution in [0.4, 0.5) is 18.9 Å². The summed E-state index contributed by atoms with van der Waals surface area (Å²) in [6.45, 7) is 4.00. The molecular formula is C14H20F3N3O. The highest BCUT2D eigenvalue weighted by molar-refractivity contribution is 6.02. The summed E-state index contributed by atoms with van der Waals surface area (Å²) in [4.78, 5) is 1.85. The molecule has 0 atom stereocenters. The van der Waals surface area contributed by atoms with Crippen molar-refractivity contribution in [1.82, 2.24) is 0 Å². The quantitative estimate of drug-likeness (QED) is 0.379. The summed E-state index contributed by atoms with van der Waals surface area (Å²) in [6, 6.07) is 3.42. The molecule has 0 heterocycles. The van der Waals surface area contributed by atoms with Gasteiger partial charge < -0.3 is 15.8 Å². The number of nitrogens with zero attached hydrogens (tertiary/aromatic N) is 2. The molecule has 0 aliphatic carbocycles. The molecule has 1 aromatic rings. The Kier molecular flexibility index (Phi) is 5.46. The van der Waals surface area contributed by atoms with Crippen LogP contribution in [0.2, 0.25) is 0 Å². The summed E-state index contributed by atoms with van der Waals surface area (Å²) >= 11 is 0. The van der Waals surface area contributed by atoms with Gasteiger partial charge >= 0.3 is 6.18 Å². The van der Waals surface area contributed by atoms with Crippen LogP contribution in [0.1, 0.15) is 37.8 Å². The van der Waals surface area contributed by atoms with Crippen LogP contribution in [0, 0.1) is 0 Å². The molecule has 0 fully saturated rings. The third kappa shape index (κ3) is 3.80. The van der Waals surface area contributed by atoms with E-state index in [1.165, 1.54) is 6.07 Å². The lowest BCUT2D eigenvalue weighted by Crippen LogP contribution is -2.32. The fraction of sp³-hybridized carbons (Fsp3) is 0.500. The van der Waals surface area contributed by atoms with Gasteiger partial charge in [0.05, 0.1) is 5.56 Å². The fourth-order valence-electron chi connectivity index (χ4n) is 2.31. The van der Waals surface area contributed by atoms with Gasteiger partial charge in [-0.2, -0.15) is 13.2 Å². The van der Waals surface area contributed by atoms with Gasteiger partial charge in [-0.3, -0.25) is 0 Å². The first kappa shape index (κ1) is 17.1. The minimum atomic E-state index is -4.48. The largest absolute Gasteiger partial charge is 0.416 e. The Morgan fingerprint density at radius 2 is 1.90 bits per heavy atom. The highest BCUT2D eigenvalue weighted by Gasteiger charge is 2.32. The number of amidine groups is 1. The Labute approximate surface area is 122 Å². The van der Waals surface area contributed by atoms with Crippen LogP contribution in [0.3, 0.4) is 0 Å². The van der Waals surface area contributed by atoms with Gasteiger partial charge in [0.1, 0.15) is 0 Å². The molecule has 1 aromatic carbocycles. The van der Waals surface area contributed by atoms with E-state index >= 15 is 0 Å². The number of rotatable bonds is 5. The summed E-state index contributed by atoms with van der Waals surface area (Å²) in [6.07, 6.45) is -2.80. The van der Waals surface area contributed by atoms with Crippen LogP contribution in [-0.2, 0) is 6.18 Å². The number of hydrogen-bond donors (Lipinski definition) is 2. The van der Waals surface area contributed by atoms with E-state index in [0.717, 1.165) is 25.0 Å². The van der Waals surface area contributed by atoms with Gasteiger partial charge in [-0.05, 0) is 31.0 Å². The van der Waals surface area contributed by atoms with Gasteiger partial charge in [-0.1, -0.05) is 19.0 Å². The van der Waals surface area contributed by atoms with Crippen molar-refractivity contribution in [3.05, 3.63) is 29.3 Å². The lowest BCUT2D eigenvalue weighted by molar-refractivity contribution is -0.137. The van der Waals surface area contributed by atoms with Crippen LogP contribution in [0.25, 0.3) is 0 Å². The van der Waals surface area contributed by atoms with Gasteiger partial charge in [0.2, 0.25) is 0 Å². The molecule has 7 heteroatoms. The number of hydrogen-bond acceptors (Lipinski definition) is 3. The molecule has 0 spiro atoms. The maximum atomic E-state index is 12.8. The summed E-state index contributed by atoms with van der Waals surface area (Å²) in [5.41, 5.74) is 5.28. The van der Waals surface area contributed by atoms with E-state index in [1.807, 2.05) is 18.7 Å². The predicted octanol–water partition coefficient (Wildman–Crippen LogP) is 3.42. The van der Waals surface area contributed by atoms with Crippen LogP contribution in [0.15, 0.2) is 23.4 Å². The molecule has 0 unspecified atom stereocenters. The number of nitrogens with two attached hydrogens (primary N) is 1. The highest BCUT2D eigenvalue weighted by Crippen LogP contribution is 2.33. The topological polar surface area (TPSA) is 61.8 Å². The molecule has 0 amide bonds. The number of alkyl halides is 3. The van der Waals surface area contributed by atoms with E-state index in [-0.39, 0.29) is 17.4 Å².